The first kappa shape index (κ1) is 74.7. The van der Waals surface area contributed by atoms with Crippen molar-refractivity contribution < 1.29 is 9.05 Å². The number of pyridine rings is 1. The number of nitrogens with one attached hydrogen (secondary N) is 5. The zero-order chi connectivity index (χ0) is 81.9. The van der Waals surface area contributed by atoms with Crippen LogP contribution in [-0.4, -0.2) is 151 Å². The lowest BCUT2D eigenvalue weighted by Gasteiger charge is -2.09. The molecule has 0 radical (unpaired) electrons. The molecule has 0 aliphatic heterocycles. The maximum absolute atomic E-state index is 5.16. The minimum Gasteiger partial charge on any atom is -0.360 e. The van der Waals surface area contributed by atoms with Crippen LogP contribution in [0.3, 0.4) is 0 Å². The summed E-state index contributed by atoms with van der Waals surface area (Å²) in [5.41, 5.74) is 17.2. The Kier molecular flexibility index (Phi) is 20.1. The predicted molar refractivity (Wildman–Crippen MR) is 452 cm³/mol. The first-order valence-electron chi connectivity index (χ1n) is 37.2. The monoisotopic (exact) mass is 1610 g/mol. The zero-order valence-electron chi connectivity index (χ0n) is 65.7. The third-order valence-corrected chi connectivity index (χ3v) is 19.6. The first-order chi connectivity index (χ1) is 58.6. The number of anilines is 10. The molecule has 0 amide bonds. The van der Waals surface area contributed by atoms with Gasteiger partial charge in [0.2, 0.25) is 5.88 Å². The molecule has 5 N–H and O–H groups in total. The van der Waals surface area contributed by atoms with Crippen LogP contribution in [0.1, 0.15) is 17.1 Å². The van der Waals surface area contributed by atoms with Crippen molar-refractivity contribution in [3.05, 3.63) is 263 Å². The zero-order valence-corrected chi connectivity index (χ0v) is 66.5. The topological polar surface area (TPSA) is 396 Å². The number of aromatic nitrogens is 31. The molecule has 120 heavy (non-hydrogen) atoms. The van der Waals surface area contributed by atoms with E-state index in [9.17, 15) is 0 Å². The second-order valence-corrected chi connectivity index (χ2v) is 28.3. The molecule has 0 saturated carbocycles. The number of benzene rings is 2. The third-order valence-electron chi connectivity index (χ3n) is 18.8. The van der Waals surface area contributed by atoms with E-state index in [1.54, 1.807) is 114 Å². The van der Waals surface area contributed by atoms with Crippen molar-refractivity contribution in [3.8, 4) is 67.5 Å². The molecule has 0 saturated heterocycles. The number of hydrogen-bond donors (Lipinski definition) is 5. The van der Waals surface area contributed by atoms with Gasteiger partial charge >= 0.3 is 0 Å². The Morgan fingerprint density at radius 2 is 0.767 bits per heavy atom. The minimum atomic E-state index is 0.532. The van der Waals surface area contributed by atoms with Crippen molar-refractivity contribution in [2.75, 3.05) is 26.6 Å². The molecule has 20 aromatic heterocycles. The summed E-state index contributed by atoms with van der Waals surface area (Å²) in [6.07, 6.45) is 47.8. The molecule has 2 aromatic carbocycles. The number of nitrogens with zero attached hydrogens (tertiary/aromatic N) is 31. The quantitative estimate of drug-likeness (QED) is 0.0600. The van der Waals surface area contributed by atoms with Gasteiger partial charge in [0.15, 0.2) is 68.3 Å². The van der Waals surface area contributed by atoms with E-state index >= 15 is 0 Å². The molecule has 0 fully saturated rings. The van der Waals surface area contributed by atoms with E-state index < -0.39 is 0 Å². The van der Waals surface area contributed by atoms with Gasteiger partial charge in [0.1, 0.15) is 17.4 Å². The number of aryl methyl sites for hydroxylation is 9. The van der Waals surface area contributed by atoms with E-state index in [1.807, 2.05) is 250 Å². The van der Waals surface area contributed by atoms with Gasteiger partial charge in [-0.15, -0.1) is 11.3 Å². The second-order valence-electron chi connectivity index (χ2n) is 27.4. The van der Waals surface area contributed by atoms with Crippen LogP contribution < -0.4 is 26.6 Å². The lowest BCUT2D eigenvalue weighted by molar-refractivity contribution is 0.400. The first-order valence-corrected chi connectivity index (χ1v) is 38.1. The highest BCUT2D eigenvalue weighted by Gasteiger charge is 2.20. The molecule has 0 unspecified atom stereocenters. The van der Waals surface area contributed by atoms with Crippen LogP contribution in [0.5, 0.6) is 0 Å². The Hall–Kier alpha value is -16.7. The van der Waals surface area contributed by atoms with Gasteiger partial charge in [-0.1, -0.05) is 64.9 Å². The van der Waals surface area contributed by atoms with E-state index in [-0.39, 0.29) is 0 Å². The standard InChI is InChI=1S/C19H15N7S.C19H15N7.C15H16N8.2C14H13N7O/c1-25-11-14(9-22-25)16-10-21-18-17(20-7-8-26(16)18)24-19-23-15(12-27-19)13-5-3-2-4-6-13;1-25-12-14(10-23-25)16-11-22-19-18(21-8-9-26(16)19)24-17-15-5-3-2-4-13(15)6-7-20-17;1-10-6-13(22(3)20-10)19-14-15-17-8-12(23(15)5-4-16-14)11-7-18-21(2)9-11;1-9-5-12(19-22-9)18-13-14-16-7-11(21(14)4-3-15-13)10-6-17-20(2)8-10;1-9-5-12(22-19-9)18-13-14-16-7-11(21(14)4-3-15-13)10-6-17-20(2)8-10/h2-12H,1H3,(H,20,23,24);2-12H,1H3,(H,20,21,24);4-9H,1-3H3,(H,16,19);3-8H,1-2H3,(H,15,18,19);3-8H,1-2H3,(H,15,18). The molecule has 0 aliphatic carbocycles. The van der Waals surface area contributed by atoms with Crippen molar-refractivity contribution in [1.29, 1.82) is 0 Å². The number of rotatable bonds is 16. The Bertz CT molecular complexity index is 7190. The van der Waals surface area contributed by atoms with Crippen molar-refractivity contribution in [3.63, 3.8) is 0 Å². The normalized spacial score (nSPS) is 11.2. The van der Waals surface area contributed by atoms with Crippen LogP contribution in [0.2, 0.25) is 0 Å². The van der Waals surface area contributed by atoms with Crippen molar-refractivity contribution in [1.82, 2.24) is 151 Å². The second kappa shape index (κ2) is 32.3. The van der Waals surface area contributed by atoms with Gasteiger partial charge in [-0.05, 0) is 32.2 Å². The summed E-state index contributed by atoms with van der Waals surface area (Å²) in [5, 5.41) is 54.3. The van der Waals surface area contributed by atoms with Gasteiger partial charge in [-0.2, -0.15) is 30.6 Å². The molecule has 22 rings (SSSR count). The average Bonchev–Trinajstić information content (AvgIpc) is 1.62. The molecule has 38 nitrogen and oxygen atoms in total. The highest BCUT2D eigenvalue weighted by molar-refractivity contribution is 7.14. The maximum Gasteiger partial charge on any atom is 0.230 e. The maximum atomic E-state index is 5.16. The summed E-state index contributed by atoms with van der Waals surface area (Å²) >= 11 is 1.54. The molecule has 0 bridgehead atoms. The fourth-order valence-corrected chi connectivity index (χ4v) is 14.0. The minimum absolute atomic E-state index is 0.532. The molecule has 22 aromatic rings. The summed E-state index contributed by atoms with van der Waals surface area (Å²) in [4.78, 5) is 53.6. The molecule has 20 heterocycles. The molecule has 0 spiro atoms. The van der Waals surface area contributed by atoms with E-state index in [1.165, 1.54) is 0 Å². The van der Waals surface area contributed by atoms with E-state index in [0.717, 1.165) is 129 Å². The Labute approximate surface area is 683 Å². The van der Waals surface area contributed by atoms with Gasteiger partial charge in [0, 0.05) is 204 Å². The number of fused-ring (bicyclic) bond motifs is 6. The Morgan fingerprint density at radius 3 is 1.18 bits per heavy atom. The number of thiazole rings is 1. The van der Waals surface area contributed by atoms with Crippen LogP contribution in [0.15, 0.2) is 254 Å². The summed E-state index contributed by atoms with van der Waals surface area (Å²) in [7, 11) is 11.3. The van der Waals surface area contributed by atoms with Crippen LogP contribution >= 0.6 is 11.3 Å². The lowest BCUT2D eigenvalue weighted by Crippen LogP contribution is -2.03. The Morgan fingerprint density at radius 1 is 0.350 bits per heavy atom. The summed E-state index contributed by atoms with van der Waals surface area (Å²) < 4.78 is 30.7. The van der Waals surface area contributed by atoms with Crippen LogP contribution in [0.25, 0.3) is 107 Å². The van der Waals surface area contributed by atoms with Crippen molar-refractivity contribution in [2.45, 2.75) is 20.8 Å². The van der Waals surface area contributed by atoms with Gasteiger partial charge < -0.3 is 35.6 Å². The van der Waals surface area contributed by atoms with Crippen molar-refractivity contribution in [2.24, 2.45) is 42.3 Å². The molecular weight excluding hydrogens is 1540 g/mol. The molecular formula is C81H72N36O2S. The van der Waals surface area contributed by atoms with E-state index in [0.29, 0.717) is 52.1 Å². The molecule has 39 heteroatoms. The number of imidazole rings is 5. The SMILES string of the molecule is Cc1cc(Nc2nccn3c(-c4cnn(C)c4)cnc23)n(C)n1.Cc1cc(Nc2nccn3c(-c4cnn(C)c4)cnc23)no1.Cc1cc(Nc2nccn3c(-c4cnn(C)c4)cnc23)on1.Cn1cc(-c2cnc3c(Nc4nc(-c5ccccc5)cs4)nccn23)cn1.Cn1cc(-c2cnc3c(Nc4nccc5ccccc45)nccn23)cn1. The van der Waals surface area contributed by atoms with Crippen molar-refractivity contribution >= 4 is 108 Å². The van der Waals surface area contributed by atoms with E-state index in [2.05, 4.69) is 133 Å². The summed E-state index contributed by atoms with van der Waals surface area (Å²) in [6.45, 7) is 5.65. The fourth-order valence-electron chi connectivity index (χ4n) is 13.3. The van der Waals surface area contributed by atoms with Gasteiger partial charge in [-0.3, -0.25) is 50.1 Å². The molecule has 0 atom stereocenters. The smallest absolute Gasteiger partial charge is 0.230 e. The third kappa shape index (κ3) is 15.6. The van der Waals surface area contributed by atoms with Crippen LogP contribution in [0.4, 0.5) is 57.6 Å². The average molecular weight is 1610 g/mol. The van der Waals surface area contributed by atoms with Gasteiger partial charge in [0.05, 0.1) is 108 Å². The van der Waals surface area contributed by atoms with Crippen LogP contribution in [0, 0.1) is 20.8 Å². The largest absolute Gasteiger partial charge is 0.360 e. The van der Waals surface area contributed by atoms with E-state index in [4.69, 9.17) is 9.05 Å². The highest BCUT2D eigenvalue weighted by atomic mass is 32.1. The van der Waals surface area contributed by atoms with Gasteiger partial charge in [-0.25, -0.2) is 59.8 Å². The summed E-state index contributed by atoms with van der Waals surface area (Å²) in [6, 6.07) is 25.8. The predicted octanol–water partition coefficient (Wildman–Crippen LogP) is 13.7. The molecule has 594 valence electrons. The van der Waals surface area contributed by atoms with Gasteiger partial charge in [0.25, 0.3) is 0 Å². The molecule has 0 aliphatic rings. The number of hydrogen-bond acceptors (Lipinski definition) is 28. The lowest BCUT2D eigenvalue weighted by atomic mass is 10.1. The Balaban J connectivity index is 0.000000103. The summed E-state index contributed by atoms with van der Waals surface area (Å²) in [5.74, 6) is 6.73. The highest BCUT2D eigenvalue weighted by Crippen LogP contribution is 2.34. The fraction of sp³-hybridized carbons (Fsp3) is 0.111. The van der Waals surface area contributed by atoms with Crippen LogP contribution in [-0.2, 0) is 42.3 Å².